The van der Waals surface area contributed by atoms with E-state index in [1.165, 1.54) is 12.1 Å². The zero-order valence-electron chi connectivity index (χ0n) is 23.9. The minimum absolute atomic E-state index is 0.0443. The van der Waals surface area contributed by atoms with Gasteiger partial charge in [0, 0.05) is 68.3 Å². The number of pyridine rings is 2. The Morgan fingerprint density at radius 3 is 2.37 bits per heavy atom. The molecule has 222 valence electrons. The van der Waals surface area contributed by atoms with Crippen LogP contribution in [-0.2, 0) is 9.59 Å². The molecule has 5 heterocycles. The third kappa shape index (κ3) is 5.29. The Morgan fingerprint density at radius 2 is 1.60 bits per heavy atom. The number of carbonyl (C=O) groups is 2. The van der Waals surface area contributed by atoms with Crippen LogP contribution in [0.2, 0.25) is 0 Å². The molecule has 11 heteroatoms. The van der Waals surface area contributed by atoms with Gasteiger partial charge in [0.05, 0.1) is 36.8 Å². The molecule has 2 fully saturated rings. The summed E-state index contributed by atoms with van der Waals surface area (Å²) in [4.78, 5) is 40.5. The standard InChI is InChI=1S/C32H32FN5O5/c1-41-22-17-20-3-2-10-34-30(20)26(18-22)38-15-13-36(14-16-38)21-8-11-37(12-9-21)25-5-4-24(33)23-19-27-32(35-31(23)25)43-29(40)7-6-28(39)42-27/h2-5,10,17-19,21H,6-9,11-16H2,1H3. The lowest BCUT2D eigenvalue weighted by molar-refractivity contribution is -0.142. The number of anilines is 2. The molecule has 4 aromatic rings. The van der Waals surface area contributed by atoms with Gasteiger partial charge in [-0.05, 0) is 43.2 Å². The molecule has 0 atom stereocenters. The predicted octanol–water partition coefficient (Wildman–Crippen LogP) is 4.33. The molecular weight excluding hydrogens is 553 g/mol. The molecule has 0 radical (unpaired) electrons. The number of ether oxygens (including phenoxy) is 3. The zero-order valence-corrected chi connectivity index (χ0v) is 23.9. The van der Waals surface area contributed by atoms with Gasteiger partial charge in [-0.25, -0.2) is 9.37 Å². The van der Waals surface area contributed by atoms with Gasteiger partial charge >= 0.3 is 11.9 Å². The summed E-state index contributed by atoms with van der Waals surface area (Å²) in [6, 6.07) is 13.1. The summed E-state index contributed by atoms with van der Waals surface area (Å²) in [5, 5.41) is 1.29. The quantitative estimate of drug-likeness (QED) is 0.322. The number of fused-ring (bicyclic) bond motifs is 3. The van der Waals surface area contributed by atoms with Crippen molar-refractivity contribution in [3.05, 3.63) is 54.5 Å². The fraction of sp³-hybridized carbons (Fsp3) is 0.375. The van der Waals surface area contributed by atoms with Crippen molar-refractivity contribution in [2.75, 3.05) is 56.2 Å². The molecule has 0 amide bonds. The molecule has 43 heavy (non-hydrogen) atoms. The Kier molecular flexibility index (Phi) is 7.18. The minimum Gasteiger partial charge on any atom is -0.497 e. The van der Waals surface area contributed by atoms with Crippen LogP contribution in [0.15, 0.2) is 48.7 Å². The van der Waals surface area contributed by atoms with Crippen molar-refractivity contribution < 1.29 is 28.2 Å². The smallest absolute Gasteiger partial charge is 0.313 e. The minimum atomic E-state index is -0.577. The summed E-state index contributed by atoms with van der Waals surface area (Å²) in [7, 11) is 1.69. The first-order valence-corrected chi connectivity index (χ1v) is 14.7. The van der Waals surface area contributed by atoms with Crippen LogP contribution < -0.4 is 24.0 Å². The first-order valence-electron chi connectivity index (χ1n) is 14.7. The molecule has 2 aromatic heterocycles. The van der Waals surface area contributed by atoms with Crippen LogP contribution >= 0.6 is 0 Å². The maximum absolute atomic E-state index is 14.9. The van der Waals surface area contributed by atoms with Crippen LogP contribution in [0.4, 0.5) is 15.8 Å². The van der Waals surface area contributed by atoms with Crippen LogP contribution in [-0.4, -0.2) is 79.2 Å². The molecular formula is C32H32FN5O5. The second-order valence-electron chi connectivity index (χ2n) is 11.2. The highest BCUT2D eigenvalue weighted by Crippen LogP contribution is 2.38. The number of nitrogens with zero attached hydrogens (tertiary/aromatic N) is 5. The molecule has 10 nitrogen and oxygen atoms in total. The van der Waals surface area contributed by atoms with E-state index in [1.54, 1.807) is 13.2 Å². The first-order chi connectivity index (χ1) is 21.0. The van der Waals surface area contributed by atoms with Crippen LogP contribution in [0, 0.1) is 5.82 Å². The fourth-order valence-corrected chi connectivity index (χ4v) is 6.42. The largest absolute Gasteiger partial charge is 0.497 e. The summed E-state index contributed by atoms with van der Waals surface area (Å²) in [5.74, 6) is -0.947. The molecule has 0 N–H and O–H groups in total. The van der Waals surface area contributed by atoms with Gasteiger partial charge in [-0.15, -0.1) is 0 Å². The molecule has 2 aromatic carbocycles. The number of esters is 2. The van der Waals surface area contributed by atoms with Crippen molar-refractivity contribution in [2.24, 2.45) is 0 Å². The molecule has 0 spiro atoms. The number of piperazine rings is 1. The highest BCUT2D eigenvalue weighted by Gasteiger charge is 2.30. The van der Waals surface area contributed by atoms with Gasteiger partial charge < -0.3 is 24.0 Å². The maximum Gasteiger partial charge on any atom is 0.313 e. The van der Waals surface area contributed by atoms with Gasteiger partial charge in [0.2, 0.25) is 0 Å². The lowest BCUT2D eigenvalue weighted by Gasteiger charge is -2.44. The van der Waals surface area contributed by atoms with E-state index >= 15 is 0 Å². The van der Waals surface area contributed by atoms with E-state index in [2.05, 4.69) is 36.8 Å². The fourth-order valence-electron chi connectivity index (χ4n) is 6.42. The van der Waals surface area contributed by atoms with Gasteiger partial charge in [0.15, 0.2) is 5.75 Å². The third-order valence-corrected chi connectivity index (χ3v) is 8.68. The van der Waals surface area contributed by atoms with Crippen molar-refractivity contribution in [3.8, 4) is 17.4 Å². The third-order valence-electron chi connectivity index (χ3n) is 8.68. The van der Waals surface area contributed by atoms with E-state index in [-0.39, 0.29) is 29.9 Å². The lowest BCUT2D eigenvalue weighted by Crippen LogP contribution is -2.53. The normalized spacial score (nSPS) is 18.7. The van der Waals surface area contributed by atoms with Crippen molar-refractivity contribution in [3.63, 3.8) is 0 Å². The Hall–Kier alpha value is -4.51. The van der Waals surface area contributed by atoms with Gasteiger partial charge in [-0.2, -0.15) is 0 Å². The Bertz CT molecular complexity index is 1720. The summed E-state index contributed by atoms with van der Waals surface area (Å²) >= 11 is 0. The molecule has 3 aliphatic rings. The second-order valence-corrected chi connectivity index (χ2v) is 11.2. The van der Waals surface area contributed by atoms with Crippen molar-refractivity contribution in [1.82, 2.24) is 14.9 Å². The molecule has 3 aliphatic heterocycles. The van der Waals surface area contributed by atoms with Crippen LogP contribution in [0.3, 0.4) is 0 Å². The van der Waals surface area contributed by atoms with Crippen molar-refractivity contribution in [1.29, 1.82) is 0 Å². The lowest BCUT2D eigenvalue weighted by atomic mass is 10.0. The molecule has 0 bridgehead atoms. The van der Waals surface area contributed by atoms with Crippen molar-refractivity contribution in [2.45, 2.75) is 31.7 Å². The van der Waals surface area contributed by atoms with E-state index in [4.69, 9.17) is 14.2 Å². The van der Waals surface area contributed by atoms with Gasteiger partial charge in [0.1, 0.15) is 17.1 Å². The summed E-state index contributed by atoms with van der Waals surface area (Å²) in [6.07, 6.45) is 3.56. The number of hydrogen-bond acceptors (Lipinski definition) is 10. The summed E-state index contributed by atoms with van der Waals surface area (Å²) in [5.41, 5.74) is 3.25. The average Bonchev–Trinajstić information content (AvgIpc) is 3.03. The topological polar surface area (TPSA) is 97.3 Å². The van der Waals surface area contributed by atoms with E-state index in [9.17, 15) is 14.0 Å². The van der Waals surface area contributed by atoms with Gasteiger partial charge in [-0.3, -0.25) is 19.5 Å². The summed E-state index contributed by atoms with van der Waals surface area (Å²) in [6.45, 7) is 5.27. The van der Waals surface area contributed by atoms with Crippen LogP contribution in [0.5, 0.6) is 17.4 Å². The van der Waals surface area contributed by atoms with Gasteiger partial charge in [0.25, 0.3) is 5.88 Å². The average molecular weight is 586 g/mol. The number of aromatic nitrogens is 2. The van der Waals surface area contributed by atoms with Crippen LogP contribution in [0.25, 0.3) is 21.8 Å². The predicted molar refractivity (Wildman–Crippen MR) is 160 cm³/mol. The molecule has 7 rings (SSSR count). The SMILES string of the molecule is COc1cc(N2CCN(C3CCN(c4ccc(F)c5cc6c(nc45)OC(=O)CCC(=O)O6)CC3)CC2)c2ncccc2c1. The Labute approximate surface area is 247 Å². The maximum atomic E-state index is 14.9. The number of carbonyl (C=O) groups excluding carboxylic acids is 2. The number of rotatable bonds is 4. The first kappa shape index (κ1) is 27.3. The number of hydrogen-bond donors (Lipinski definition) is 0. The van der Waals surface area contributed by atoms with Gasteiger partial charge in [-0.1, -0.05) is 6.07 Å². The molecule has 0 unspecified atom stereocenters. The Balaban J connectivity index is 1.05. The van der Waals surface area contributed by atoms with Crippen LogP contribution in [0.1, 0.15) is 25.7 Å². The monoisotopic (exact) mass is 585 g/mol. The number of piperidine rings is 1. The van der Waals surface area contributed by atoms with E-state index < -0.39 is 17.8 Å². The molecule has 2 saturated heterocycles. The highest BCUT2D eigenvalue weighted by molar-refractivity contribution is 5.94. The molecule has 0 aliphatic carbocycles. The zero-order chi connectivity index (χ0) is 29.5. The van der Waals surface area contributed by atoms with E-state index in [1.807, 2.05) is 18.3 Å². The second kappa shape index (κ2) is 11.3. The van der Waals surface area contributed by atoms with E-state index in [0.29, 0.717) is 11.6 Å². The van der Waals surface area contributed by atoms with Crippen molar-refractivity contribution >= 4 is 45.1 Å². The number of halogens is 1. The van der Waals surface area contributed by atoms with E-state index in [0.717, 1.165) is 80.1 Å². The molecule has 0 saturated carbocycles. The highest BCUT2D eigenvalue weighted by atomic mass is 19.1. The number of benzene rings is 2. The summed E-state index contributed by atoms with van der Waals surface area (Å²) < 4.78 is 31.1. The Morgan fingerprint density at radius 1 is 0.860 bits per heavy atom. The number of methoxy groups -OCH3 is 1.